The number of amides is 1. The van der Waals surface area contributed by atoms with Crippen LogP contribution in [0.1, 0.15) is 29.0 Å². The Morgan fingerprint density at radius 3 is 2.85 bits per heavy atom. The van der Waals surface area contributed by atoms with Crippen molar-refractivity contribution in [3.63, 3.8) is 0 Å². The second kappa shape index (κ2) is 6.78. The van der Waals surface area contributed by atoms with Crippen LogP contribution in [-0.4, -0.2) is 27.4 Å². The highest BCUT2D eigenvalue weighted by Crippen LogP contribution is 2.03. The molecule has 0 aliphatic heterocycles. The predicted octanol–water partition coefficient (Wildman–Crippen LogP) is 0.232. The van der Waals surface area contributed by atoms with E-state index in [1.807, 2.05) is 37.3 Å². The van der Waals surface area contributed by atoms with Gasteiger partial charge in [-0.3, -0.25) is 16.1 Å². The Morgan fingerprint density at radius 1 is 1.40 bits per heavy atom. The van der Waals surface area contributed by atoms with Gasteiger partial charge in [-0.05, 0) is 12.5 Å². The molecule has 0 saturated carbocycles. The van der Waals surface area contributed by atoms with Gasteiger partial charge in [0, 0.05) is 13.1 Å². The van der Waals surface area contributed by atoms with E-state index in [4.69, 9.17) is 5.84 Å². The van der Waals surface area contributed by atoms with Gasteiger partial charge >= 0.3 is 0 Å². The minimum Gasteiger partial charge on any atom is -0.347 e. The third-order valence-corrected chi connectivity index (χ3v) is 2.90. The van der Waals surface area contributed by atoms with Gasteiger partial charge in [0.2, 0.25) is 0 Å². The number of carbonyl (C=O) groups excluding carboxylic acids is 1. The topological polar surface area (TPSA) is 97.9 Å². The summed E-state index contributed by atoms with van der Waals surface area (Å²) in [6.07, 6.45) is 1.61. The van der Waals surface area contributed by atoms with E-state index in [9.17, 15) is 4.79 Å². The van der Waals surface area contributed by atoms with Gasteiger partial charge in [-0.2, -0.15) is 0 Å². The first kappa shape index (κ1) is 14.2. The van der Waals surface area contributed by atoms with E-state index in [0.717, 1.165) is 5.56 Å². The zero-order valence-corrected chi connectivity index (χ0v) is 11.3. The van der Waals surface area contributed by atoms with Crippen molar-refractivity contribution in [2.45, 2.75) is 19.5 Å². The summed E-state index contributed by atoms with van der Waals surface area (Å²) in [5.74, 6) is 5.01. The maximum Gasteiger partial charge on any atom is 0.273 e. The standard InChI is InChI=1S/C13H18N6O/c1-10(7-16-14)19-9-12(17-18-19)13(20)15-8-11-5-3-2-4-6-11/h2-6,9-10,16H,7-8,14H2,1H3,(H,15,20). The van der Waals surface area contributed by atoms with Crippen molar-refractivity contribution in [1.82, 2.24) is 25.7 Å². The van der Waals surface area contributed by atoms with E-state index in [1.165, 1.54) is 0 Å². The van der Waals surface area contributed by atoms with Gasteiger partial charge in [0.1, 0.15) is 0 Å². The molecule has 4 N–H and O–H groups in total. The molecule has 1 aromatic carbocycles. The van der Waals surface area contributed by atoms with Gasteiger partial charge < -0.3 is 5.32 Å². The minimum absolute atomic E-state index is 0.0307. The molecule has 1 amide bonds. The Morgan fingerprint density at radius 2 is 2.15 bits per heavy atom. The van der Waals surface area contributed by atoms with Crippen LogP contribution in [0.5, 0.6) is 0 Å². The van der Waals surface area contributed by atoms with Crippen LogP contribution in [0.4, 0.5) is 0 Å². The van der Waals surface area contributed by atoms with E-state index < -0.39 is 0 Å². The largest absolute Gasteiger partial charge is 0.347 e. The second-order valence-corrected chi connectivity index (χ2v) is 4.51. The molecule has 20 heavy (non-hydrogen) atoms. The van der Waals surface area contributed by atoms with E-state index >= 15 is 0 Å². The van der Waals surface area contributed by atoms with Gasteiger partial charge in [0.05, 0.1) is 12.2 Å². The molecule has 7 heteroatoms. The van der Waals surface area contributed by atoms with Gasteiger partial charge in [-0.1, -0.05) is 35.5 Å². The lowest BCUT2D eigenvalue weighted by Crippen LogP contribution is -2.29. The summed E-state index contributed by atoms with van der Waals surface area (Å²) in [6.45, 7) is 2.95. The predicted molar refractivity (Wildman–Crippen MR) is 74.5 cm³/mol. The number of hydrogen-bond donors (Lipinski definition) is 3. The molecule has 0 aliphatic rings. The first-order valence-corrected chi connectivity index (χ1v) is 6.38. The summed E-state index contributed by atoms with van der Waals surface area (Å²) < 4.78 is 1.61. The third kappa shape index (κ3) is 3.62. The fourth-order valence-corrected chi connectivity index (χ4v) is 1.73. The summed E-state index contributed by atoms with van der Waals surface area (Å²) in [6, 6.07) is 9.73. The molecule has 0 bridgehead atoms. The average Bonchev–Trinajstić information content (AvgIpc) is 2.96. The molecule has 1 heterocycles. The van der Waals surface area contributed by atoms with E-state index in [-0.39, 0.29) is 11.9 Å². The molecular formula is C13H18N6O. The molecule has 1 atom stereocenters. The Hall–Kier alpha value is -2.25. The van der Waals surface area contributed by atoms with Gasteiger partial charge in [-0.15, -0.1) is 5.10 Å². The molecular weight excluding hydrogens is 256 g/mol. The summed E-state index contributed by atoms with van der Waals surface area (Å²) >= 11 is 0. The second-order valence-electron chi connectivity index (χ2n) is 4.51. The minimum atomic E-state index is -0.243. The molecule has 0 saturated heterocycles. The van der Waals surface area contributed by atoms with Gasteiger partial charge in [0.15, 0.2) is 5.69 Å². The van der Waals surface area contributed by atoms with Gasteiger partial charge in [0.25, 0.3) is 5.91 Å². The molecule has 0 radical (unpaired) electrons. The zero-order chi connectivity index (χ0) is 14.4. The summed E-state index contributed by atoms with van der Waals surface area (Å²) in [5.41, 5.74) is 3.89. The summed E-state index contributed by atoms with van der Waals surface area (Å²) in [7, 11) is 0. The van der Waals surface area contributed by atoms with Crippen LogP contribution in [0, 0.1) is 0 Å². The number of rotatable bonds is 6. The fraction of sp³-hybridized carbons (Fsp3) is 0.308. The number of nitrogens with one attached hydrogen (secondary N) is 2. The number of nitrogens with two attached hydrogens (primary N) is 1. The van der Waals surface area contributed by atoms with Crippen molar-refractivity contribution in [3.8, 4) is 0 Å². The quantitative estimate of drug-likeness (QED) is 0.517. The fourth-order valence-electron chi connectivity index (χ4n) is 1.73. The number of hydrazine groups is 1. The smallest absolute Gasteiger partial charge is 0.273 e. The Labute approximate surface area is 117 Å². The van der Waals surface area contributed by atoms with E-state index in [1.54, 1.807) is 10.9 Å². The summed E-state index contributed by atoms with van der Waals surface area (Å²) in [5, 5.41) is 10.6. The van der Waals surface area contributed by atoms with Crippen LogP contribution in [0.3, 0.4) is 0 Å². The van der Waals surface area contributed by atoms with Crippen LogP contribution in [0.25, 0.3) is 0 Å². The molecule has 7 nitrogen and oxygen atoms in total. The number of aromatic nitrogens is 3. The molecule has 1 aromatic heterocycles. The van der Waals surface area contributed by atoms with Crippen LogP contribution in [-0.2, 0) is 6.54 Å². The number of nitrogens with zero attached hydrogens (tertiary/aromatic N) is 3. The first-order chi connectivity index (χ1) is 9.70. The molecule has 2 rings (SSSR count). The van der Waals surface area contributed by atoms with Crippen molar-refractivity contribution >= 4 is 5.91 Å². The number of carbonyl (C=O) groups is 1. The highest BCUT2D eigenvalue weighted by atomic mass is 16.2. The molecule has 2 aromatic rings. The lowest BCUT2D eigenvalue weighted by Gasteiger charge is -2.09. The Kier molecular flexibility index (Phi) is 4.80. The SMILES string of the molecule is CC(CNN)n1cc(C(=O)NCc2ccccc2)nn1. The summed E-state index contributed by atoms with van der Waals surface area (Å²) in [4.78, 5) is 11.9. The third-order valence-electron chi connectivity index (χ3n) is 2.90. The highest BCUT2D eigenvalue weighted by Gasteiger charge is 2.13. The normalized spacial score (nSPS) is 12.1. The van der Waals surface area contributed by atoms with Crippen LogP contribution >= 0.6 is 0 Å². The van der Waals surface area contributed by atoms with Crippen molar-refractivity contribution < 1.29 is 4.79 Å². The van der Waals surface area contributed by atoms with Crippen molar-refractivity contribution in [3.05, 3.63) is 47.8 Å². The van der Waals surface area contributed by atoms with Crippen LogP contribution in [0.2, 0.25) is 0 Å². The Bertz CT molecular complexity index is 553. The molecule has 106 valence electrons. The van der Waals surface area contributed by atoms with E-state index in [2.05, 4.69) is 21.1 Å². The van der Waals surface area contributed by atoms with Crippen molar-refractivity contribution in [2.24, 2.45) is 5.84 Å². The maximum absolute atomic E-state index is 11.9. The van der Waals surface area contributed by atoms with Crippen LogP contribution in [0.15, 0.2) is 36.5 Å². The van der Waals surface area contributed by atoms with Crippen LogP contribution < -0.4 is 16.6 Å². The lowest BCUT2D eigenvalue weighted by atomic mass is 10.2. The molecule has 0 fully saturated rings. The maximum atomic E-state index is 11.9. The lowest BCUT2D eigenvalue weighted by molar-refractivity contribution is 0.0946. The van der Waals surface area contributed by atoms with Crippen molar-refractivity contribution in [1.29, 1.82) is 0 Å². The van der Waals surface area contributed by atoms with E-state index in [0.29, 0.717) is 18.8 Å². The number of hydrogen-bond acceptors (Lipinski definition) is 5. The number of benzene rings is 1. The zero-order valence-electron chi connectivity index (χ0n) is 11.3. The molecule has 0 aliphatic carbocycles. The van der Waals surface area contributed by atoms with Gasteiger partial charge in [-0.25, -0.2) is 4.68 Å². The van der Waals surface area contributed by atoms with Crippen molar-refractivity contribution in [2.75, 3.05) is 6.54 Å². The highest BCUT2D eigenvalue weighted by molar-refractivity contribution is 5.91. The monoisotopic (exact) mass is 274 g/mol. The first-order valence-electron chi connectivity index (χ1n) is 6.38. The Balaban J connectivity index is 1.93. The average molecular weight is 274 g/mol. The molecule has 1 unspecified atom stereocenters. The molecule has 0 spiro atoms.